The Morgan fingerprint density at radius 1 is 1.33 bits per heavy atom. The van der Waals surface area contributed by atoms with E-state index in [4.69, 9.17) is 19.6 Å². The molecule has 6 heteroatoms. The van der Waals surface area contributed by atoms with Gasteiger partial charge in [0.25, 0.3) is 0 Å². The minimum Gasteiger partial charge on any atom is -0.384 e. The average Bonchev–Trinajstić information content (AvgIpc) is 2.34. The van der Waals surface area contributed by atoms with Crippen molar-refractivity contribution in [2.24, 2.45) is 5.64 Å². The summed E-state index contributed by atoms with van der Waals surface area (Å²) in [5.74, 6) is 1.97. The Labute approximate surface area is 112 Å². The Bertz CT molecular complexity index is 308. The first-order valence-electron chi connectivity index (χ1n) is 6.59. The van der Waals surface area contributed by atoms with Crippen LogP contribution < -0.4 is 5.64 Å². The molecule has 0 aromatic carbocycles. The molecule has 2 N–H and O–H groups in total. The average molecular weight is 253 g/mol. The zero-order valence-corrected chi connectivity index (χ0v) is 12.4. The molecule has 0 bridgehead atoms. The quantitative estimate of drug-likeness (QED) is 0.761. The van der Waals surface area contributed by atoms with Gasteiger partial charge >= 0.3 is 7.32 Å². The number of nitrogens with two attached hydrogens (primary N) is 1. The lowest BCUT2D eigenvalue weighted by molar-refractivity contribution is -0.00677. The summed E-state index contributed by atoms with van der Waals surface area (Å²) in [6.45, 7) is 12.0. The summed E-state index contributed by atoms with van der Waals surface area (Å²) in [5.41, 5.74) is 4.90. The Hall–Kier alpha value is -0.290. The third kappa shape index (κ3) is 3.85. The van der Waals surface area contributed by atoms with Crippen LogP contribution in [0.1, 0.15) is 41.0 Å². The van der Waals surface area contributed by atoms with E-state index in [2.05, 4.69) is 0 Å². The van der Waals surface area contributed by atoms with Crippen LogP contribution in [0.3, 0.4) is 0 Å². The Kier molecular flexibility index (Phi) is 5.06. The molecule has 0 amide bonds. The molecular weight excluding hydrogens is 228 g/mol. The van der Waals surface area contributed by atoms with Crippen molar-refractivity contribution in [2.75, 3.05) is 0 Å². The van der Waals surface area contributed by atoms with Crippen molar-refractivity contribution in [3.63, 3.8) is 0 Å². The maximum absolute atomic E-state index is 5.92. The van der Waals surface area contributed by atoms with Gasteiger partial charge in [-0.2, -0.15) is 0 Å². The molecule has 0 aromatic heterocycles. The van der Waals surface area contributed by atoms with Gasteiger partial charge in [-0.3, -0.25) is 0 Å². The van der Waals surface area contributed by atoms with Crippen LogP contribution in [0.15, 0.2) is 12.1 Å². The highest BCUT2D eigenvalue weighted by Crippen LogP contribution is 2.40. The molecule has 1 aliphatic rings. The van der Waals surface area contributed by atoms with Gasteiger partial charge in [0.05, 0.1) is 11.2 Å². The Morgan fingerprint density at radius 3 is 2.44 bits per heavy atom. The fraction of sp³-hybridized carbons (Fsp3) is 0.833. The summed E-state index contributed by atoms with van der Waals surface area (Å²) in [5, 5.41) is 0. The van der Waals surface area contributed by atoms with E-state index in [0.717, 1.165) is 6.42 Å². The van der Waals surface area contributed by atoms with E-state index in [-0.39, 0.29) is 13.0 Å². The van der Waals surface area contributed by atoms with E-state index in [9.17, 15) is 0 Å². The Balaban J connectivity index is 2.68. The normalized spacial score (nSPS) is 27.4. The predicted octanol–water partition coefficient (Wildman–Crippen LogP) is 2.05. The molecule has 0 spiro atoms. The first-order chi connectivity index (χ1) is 8.16. The molecular formula is C12H25B2NO3. The summed E-state index contributed by atoms with van der Waals surface area (Å²) in [6, 6.07) is 0. The van der Waals surface area contributed by atoms with Gasteiger partial charge in [0.2, 0.25) is 6.85 Å². The zero-order chi connectivity index (χ0) is 14.0. The van der Waals surface area contributed by atoms with E-state index in [1.165, 1.54) is 0 Å². The molecule has 1 heterocycles. The van der Waals surface area contributed by atoms with Crippen LogP contribution in [0.4, 0.5) is 0 Å². The first-order valence-corrected chi connectivity index (χ1v) is 6.59. The molecule has 1 atom stereocenters. The van der Waals surface area contributed by atoms with Crippen molar-refractivity contribution in [2.45, 2.75) is 65.2 Å². The summed E-state index contributed by atoms with van der Waals surface area (Å²) in [4.78, 5) is 0. The molecule has 1 rings (SSSR count). The molecule has 1 saturated heterocycles. The lowest BCUT2D eigenvalue weighted by atomic mass is 9.67. The van der Waals surface area contributed by atoms with E-state index in [1.54, 1.807) is 0 Å². The van der Waals surface area contributed by atoms with Gasteiger partial charge in [-0.1, -0.05) is 12.9 Å². The largest absolute Gasteiger partial charge is 0.640 e. The van der Waals surface area contributed by atoms with Gasteiger partial charge in [-0.05, 0) is 41.0 Å². The summed E-state index contributed by atoms with van der Waals surface area (Å²) >= 11 is 0. The number of rotatable bonds is 5. The van der Waals surface area contributed by atoms with Crippen LogP contribution >= 0.6 is 0 Å². The maximum atomic E-state index is 5.92. The van der Waals surface area contributed by atoms with E-state index < -0.39 is 18.5 Å². The third-order valence-electron chi connectivity index (χ3n) is 3.35. The van der Waals surface area contributed by atoms with Gasteiger partial charge in [-0.15, -0.1) is 5.98 Å². The van der Waals surface area contributed by atoms with Crippen molar-refractivity contribution in [3.8, 4) is 0 Å². The second kappa shape index (κ2) is 5.78. The smallest absolute Gasteiger partial charge is 0.384 e. The molecule has 102 valence electrons. The van der Waals surface area contributed by atoms with Crippen LogP contribution in [0.5, 0.6) is 0 Å². The first kappa shape index (κ1) is 15.8. The van der Waals surface area contributed by atoms with E-state index in [1.807, 2.05) is 53.5 Å². The molecule has 1 unspecified atom stereocenters. The van der Waals surface area contributed by atoms with Crippen LogP contribution in [-0.4, -0.2) is 31.5 Å². The molecule has 0 radical (unpaired) electrons. The van der Waals surface area contributed by atoms with E-state index in [0.29, 0.717) is 0 Å². The topological polar surface area (TPSA) is 53.7 Å². The van der Waals surface area contributed by atoms with Crippen molar-refractivity contribution < 1.29 is 14.0 Å². The highest BCUT2D eigenvalue weighted by Gasteiger charge is 2.55. The maximum Gasteiger partial charge on any atom is 0.640 e. The predicted molar refractivity (Wildman–Crippen MR) is 76.2 cm³/mol. The fourth-order valence-corrected chi connectivity index (χ4v) is 1.82. The fourth-order valence-electron chi connectivity index (χ4n) is 1.82. The second-order valence-corrected chi connectivity index (χ2v) is 5.94. The summed E-state index contributed by atoms with van der Waals surface area (Å²) < 4.78 is 17.3. The van der Waals surface area contributed by atoms with Crippen molar-refractivity contribution >= 4 is 14.2 Å². The van der Waals surface area contributed by atoms with Crippen molar-refractivity contribution in [3.05, 3.63) is 12.1 Å². The van der Waals surface area contributed by atoms with Crippen LogP contribution in [-0.2, 0) is 14.0 Å². The van der Waals surface area contributed by atoms with Gasteiger partial charge in [0, 0.05) is 6.10 Å². The van der Waals surface area contributed by atoms with Crippen LogP contribution in [0.2, 0.25) is 6.82 Å². The monoisotopic (exact) mass is 253 g/mol. The third-order valence-corrected chi connectivity index (χ3v) is 3.35. The SMILES string of the molecule is CB(N)/C=C\CC1(C)OB(OC(C)C)OC1(C)C. The van der Waals surface area contributed by atoms with Gasteiger partial charge in [0.15, 0.2) is 0 Å². The molecule has 18 heavy (non-hydrogen) atoms. The molecule has 1 aliphatic heterocycles. The number of hydrogen-bond acceptors (Lipinski definition) is 4. The van der Waals surface area contributed by atoms with Crippen molar-refractivity contribution in [1.82, 2.24) is 0 Å². The van der Waals surface area contributed by atoms with Gasteiger partial charge in [-0.25, -0.2) is 0 Å². The van der Waals surface area contributed by atoms with Gasteiger partial charge < -0.3 is 19.6 Å². The number of hydrogen-bond donors (Lipinski definition) is 1. The van der Waals surface area contributed by atoms with Crippen LogP contribution in [0.25, 0.3) is 0 Å². The van der Waals surface area contributed by atoms with E-state index >= 15 is 0 Å². The summed E-state index contributed by atoms with van der Waals surface area (Å²) in [7, 11) is -0.589. The van der Waals surface area contributed by atoms with Crippen molar-refractivity contribution in [1.29, 1.82) is 0 Å². The lowest BCUT2D eigenvalue weighted by Gasteiger charge is -2.35. The molecule has 4 nitrogen and oxygen atoms in total. The standard InChI is InChI=1S/C12H25B2NO3/c1-10(2)16-14-17-11(3,4)12(5,18-14)8-7-9-13(6)15/h7,9-10H,8,15H2,1-6H3/b9-7-. The Morgan fingerprint density at radius 2 is 1.94 bits per heavy atom. The minimum atomic E-state index is -0.589. The second-order valence-electron chi connectivity index (χ2n) is 5.94. The highest BCUT2D eigenvalue weighted by molar-refractivity contribution is 6.59. The molecule has 0 saturated carbocycles. The zero-order valence-electron chi connectivity index (χ0n) is 12.4. The van der Waals surface area contributed by atoms with Crippen LogP contribution in [0, 0.1) is 0 Å². The van der Waals surface area contributed by atoms with Gasteiger partial charge in [0.1, 0.15) is 0 Å². The molecule has 0 aliphatic carbocycles. The molecule has 0 aromatic rings. The lowest BCUT2D eigenvalue weighted by Crippen LogP contribution is -2.44. The minimum absolute atomic E-state index is 0.0572. The summed E-state index contributed by atoms with van der Waals surface area (Å²) in [6.07, 6.45) is 2.88. The highest BCUT2D eigenvalue weighted by atomic mass is 16.8. The molecule has 1 fully saturated rings.